The van der Waals surface area contributed by atoms with Crippen LogP contribution < -0.4 is 4.72 Å². The predicted molar refractivity (Wildman–Crippen MR) is 58.5 cm³/mol. The zero-order valence-corrected chi connectivity index (χ0v) is 10.3. The van der Waals surface area contributed by atoms with Gasteiger partial charge >= 0.3 is 5.97 Å². The van der Waals surface area contributed by atoms with E-state index in [0.29, 0.717) is 11.3 Å². The Kier molecular flexibility index (Phi) is 4.73. The fourth-order valence-electron chi connectivity index (χ4n) is 1.03. The third kappa shape index (κ3) is 3.45. The molecule has 0 radical (unpaired) electrons. The molecule has 0 spiro atoms. The van der Waals surface area contributed by atoms with Crippen molar-refractivity contribution in [2.24, 2.45) is 0 Å². The van der Waals surface area contributed by atoms with E-state index in [-0.39, 0.29) is 0 Å². The summed E-state index contributed by atoms with van der Waals surface area (Å²) in [5.74, 6) is -1.43. The first-order chi connectivity index (χ1) is 8.25. The molecule has 102 valence electrons. The van der Waals surface area contributed by atoms with Crippen molar-refractivity contribution in [2.75, 3.05) is 6.54 Å². The number of thiophene rings is 1. The first-order valence-electron chi connectivity index (χ1n) is 4.52. The minimum atomic E-state index is -4.23. The van der Waals surface area contributed by atoms with Gasteiger partial charge in [-0.15, -0.1) is 11.3 Å². The van der Waals surface area contributed by atoms with E-state index in [9.17, 15) is 22.0 Å². The molecule has 0 fully saturated rings. The van der Waals surface area contributed by atoms with Gasteiger partial charge in [-0.1, -0.05) is 0 Å². The van der Waals surface area contributed by atoms with Crippen molar-refractivity contribution < 1.29 is 32.2 Å². The van der Waals surface area contributed by atoms with Crippen LogP contribution in [0.4, 0.5) is 8.78 Å². The Morgan fingerprint density at radius 2 is 2.11 bits per heavy atom. The summed E-state index contributed by atoms with van der Waals surface area (Å²) >= 11 is 0.696. The Morgan fingerprint density at radius 1 is 1.50 bits per heavy atom. The molecular formula is C8H9F2NO5S2. The van der Waals surface area contributed by atoms with Crippen molar-refractivity contribution in [3.8, 4) is 0 Å². The molecular weight excluding hydrogens is 292 g/mol. The minimum absolute atomic E-state index is 0.422. The third-order valence-corrected chi connectivity index (χ3v) is 4.38. The molecule has 10 heteroatoms. The SMILES string of the molecule is O=C(O)c1sccc1S(=O)(=O)NCC(O)C(F)F. The lowest BCUT2D eigenvalue weighted by atomic mass is 10.4. The number of nitrogens with one attached hydrogen (secondary N) is 1. The highest BCUT2D eigenvalue weighted by Crippen LogP contribution is 2.21. The van der Waals surface area contributed by atoms with Crippen LogP contribution in [0.1, 0.15) is 9.67 Å². The van der Waals surface area contributed by atoms with E-state index in [0.717, 1.165) is 6.07 Å². The second kappa shape index (κ2) is 5.69. The molecule has 0 aliphatic heterocycles. The summed E-state index contributed by atoms with van der Waals surface area (Å²) in [6.07, 6.45) is -5.24. The number of halogens is 2. The van der Waals surface area contributed by atoms with Crippen molar-refractivity contribution in [3.63, 3.8) is 0 Å². The van der Waals surface area contributed by atoms with Gasteiger partial charge in [0.2, 0.25) is 10.0 Å². The van der Waals surface area contributed by atoms with Crippen molar-refractivity contribution in [1.29, 1.82) is 0 Å². The highest BCUT2D eigenvalue weighted by molar-refractivity contribution is 7.89. The fourth-order valence-corrected chi connectivity index (χ4v) is 3.34. The average Bonchev–Trinajstić information content (AvgIpc) is 2.75. The molecule has 0 bridgehead atoms. The number of alkyl halides is 2. The van der Waals surface area contributed by atoms with E-state index in [2.05, 4.69) is 0 Å². The summed E-state index contributed by atoms with van der Waals surface area (Å²) in [7, 11) is -4.23. The van der Waals surface area contributed by atoms with Gasteiger partial charge in [-0.25, -0.2) is 26.7 Å². The number of aromatic carboxylic acids is 1. The Hall–Kier alpha value is -1.10. The second-order valence-electron chi connectivity index (χ2n) is 3.17. The lowest BCUT2D eigenvalue weighted by Gasteiger charge is -2.10. The molecule has 0 aliphatic rings. The van der Waals surface area contributed by atoms with Crippen LogP contribution in [0.5, 0.6) is 0 Å². The summed E-state index contributed by atoms with van der Waals surface area (Å²) in [5, 5.41) is 18.8. The largest absolute Gasteiger partial charge is 0.477 e. The van der Waals surface area contributed by atoms with Gasteiger partial charge in [0, 0.05) is 6.54 Å². The molecule has 1 atom stereocenters. The smallest absolute Gasteiger partial charge is 0.347 e. The second-order valence-corrected chi connectivity index (χ2v) is 5.82. The zero-order valence-electron chi connectivity index (χ0n) is 8.71. The first-order valence-corrected chi connectivity index (χ1v) is 6.88. The van der Waals surface area contributed by atoms with Crippen LogP contribution in [-0.2, 0) is 10.0 Å². The first kappa shape index (κ1) is 15.0. The van der Waals surface area contributed by atoms with Gasteiger partial charge in [-0.2, -0.15) is 0 Å². The van der Waals surface area contributed by atoms with Crippen LogP contribution >= 0.6 is 11.3 Å². The Balaban J connectivity index is 2.87. The van der Waals surface area contributed by atoms with Crippen LogP contribution in [0, 0.1) is 0 Å². The molecule has 0 aromatic carbocycles. The highest BCUT2D eigenvalue weighted by atomic mass is 32.2. The molecule has 6 nitrogen and oxygen atoms in total. The Bertz CT molecular complexity index is 527. The predicted octanol–water partition coefficient (Wildman–Crippen LogP) is 0.351. The monoisotopic (exact) mass is 301 g/mol. The van der Waals surface area contributed by atoms with Gasteiger partial charge in [0.25, 0.3) is 6.43 Å². The van der Waals surface area contributed by atoms with Gasteiger partial charge in [-0.05, 0) is 11.4 Å². The van der Waals surface area contributed by atoms with Crippen LogP contribution in [0.2, 0.25) is 0 Å². The number of hydrogen-bond donors (Lipinski definition) is 3. The number of hydrogen-bond acceptors (Lipinski definition) is 5. The number of carboxylic acids is 1. The standard InChI is InChI=1S/C8H9F2NO5S2/c9-7(10)4(12)3-11-18(15,16)5-1-2-17-6(5)8(13)14/h1-2,4,7,11-12H,3H2,(H,13,14). The zero-order chi connectivity index (χ0) is 13.9. The van der Waals surface area contributed by atoms with Crippen LogP contribution in [-0.4, -0.2) is 43.7 Å². The van der Waals surface area contributed by atoms with E-state index in [4.69, 9.17) is 10.2 Å². The summed E-state index contributed by atoms with van der Waals surface area (Å²) in [5.41, 5.74) is 0. The molecule has 1 unspecified atom stereocenters. The van der Waals surface area contributed by atoms with E-state index in [1.807, 2.05) is 0 Å². The maximum Gasteiger partial charge on any atom is 0.347 e. The maximum absolute atomic E-state index is 12.0. The molecule has 0 aliphatic carbocycles. The lowest BCUT2D eigenvalue weighted by Crippen LogP contribution is -2.36. The number of rotatable bonds is 6. The van der Waals surface area contributed by atoms with Gasteiger partial charge < -0.3 is 10.2 Å². The van der Waals surface area contributed by atoms with Crippen LogP contribution in [0.3, 0.4) is 0 Å². The normalized spacial score (nSPS) is 13.8. The van der Waals surface area contributed by atoms with Gasteiger partial charge in [0.1, 0.15) is 15.9 Å². The lowest BCUT2D eigenvalue weighted by molar-refractivity contribution is -0.000455. The number of carbonyl (C=O) groups is 1. The van der Waals surface area contributed by atoms with Crippen LogP contribution in [0.25, 0.3) is 0 Å². The van der Waals surface area contributed by atoms with E-state index < -0.39 is 44.8 Å². The number of aliphatic hydroxyl groups is 1. The molecule has 0 saturated carbocycles. The highest BCUT2D eigenvalue weighted by Gasteiger charge is 2.26. The minimum Gasteiger partial charge on any atom is -0.477 e. The van der Waals surface area contributed by atoms with E-state index in [1.165, 1.54) is 5.38 Å². The fraction of sp³-hybridized carbons (Fsp3) is 0.375. The molecule has 0 amide bonds. The van der Waals surface area contributed by atoms with Crippen molar-refractivity contribution in [2.45, 2.75) is 17.4 Å². The topological polar surface area (TPSA) is 104 Å². The quantitative estimate of drug-likeness (QED) is 0.703. The number of sulfonamides is 1. The van der Waals surface area contributed by atoms with Gasteiger partial charge in [0.05, 0.1) is 0 Å². The average molecular weight is 301 g/mol. The molecule has 1 heterocycles. The summed E-state index contributed by atoms with van der Waals surface area (Å²) in [4.78, 5) is 9.79. The third-order valence-electron chi connectivity index (χ3n) is 1.89. The Labute approximate surface area is 105 Å². The summed E-state index contributed by atoms with van der Waals surface area (Å²) < 4.78 is 48.9. The number of carboxylic acid groups (broad SMARTS) is 1. The summed E-state index contributed by atoms with van der Waals surface area (Å²) in [6, 6.07) is 1.05. The van der Waals surface area contributed by atoms with Gasteiger partial charge in [0.15, 0.2) is 0 Å². The molecule has 1 aromatic rings. The van der Waals surface area contributed by atoms with E-state index in [1.54, 1.807) is 4.72 Å². The Morgan fingerprint density at radius 3 is 2.61 bits per heavy atom. The van der Waals surface area contributed by atoms with Gasteiger partial charge in [-0.3, -0.25) is 0 Å². The summed E-state index contributed by atoms with van der Waals surface area (Å²) in [6.45, 7) is -0.894. The molecule has 0 saturated heterocycles. The molecule has 18 heavy (non-hydrogen) atoms. The maximum atomic E-state index is 12.0. The molecule has 3 N–H and O–H groups in total. The van der Waals surface area contributed by atoms with Crippen molar-refractivity contribution in [3.05, 3.63) is 16.3 Å². The van der Waals surface area contributed by atoms with Crippen molar-refractivity contribution >= 4 is 27.3 Å². The van der Waals surface area contributed by atoms with Crippen LogP contribution in [0.15, 0.2) is 16.3 Å². The number of aliphatic hydroxyl groups excluding tert-OH is 1. The molecule has 1 rings (SSSR count). The van der Waals surface area contributed by atoms with Crippen molar-refractivity contribution in [1.82, 2.24) is 4.72 Å². The molecule has 1 aromatic heterocycles. The van der Waals surface area contributed by atoms with E-state index >= 15 is 0 Å².